The molecule has 0 aliphatic carbocycles. The molecular formula is C8H6N2O. The van der Waals surface area contributed by atoms with Gasteiger partial charge in [0.05, 0.1) is 5.56 Å². The number of benzene rings is 1. The molecule has 0 atom stereocenters. The number of fused-ring (bicyclic) bond motifs is 1. The van der Waals surface area contributed by atoms with Gasteiger partial charge in [-0.15, -0.1) is 0 Å². The van der Waals surface area contributed by atoms with Crippen LogP contribution in [0.2, 0.25) is 0 Å². The van der Waals surface area contributed by atoms with Crippen LogP contribution in [-0.2, 0) is 0 Å². The topological polar surface area (TPSA) is 55.4 Å². The normalized spacial score (nSPS) is 14.5. The summed E-state index contributed by atoms with van der Waals surface area (Å²) in [6.45, 7) is 0. The van der Waals surface area contributed by atoms with E-state index < -0.39 is 0 Å². The van der Waals surface area contributed by atoms with Gasteiger partial charge in [-0.05, 0) is 6.07 Å². The predicted molar refractivity (Wildman–Crippen MR) is 41.5 cm³/mol. The number of aliphatic imine (C=N–C) groups is 1. The van der Waals surface area contributed by atoms with Crippen LogP contribution < -0.4 is 5.73 Å². The summed E-state index contributed by atoms with van der Waals surface area (Å²) in [5, 5.41) is 0. The molecule has 0 radical (unpaired) electrons. The smallest absolute Gasteiger partial charge is 0.279 e. The van der Waals surface area contributed by atoms with Gasteiger partial charge in [0.1, 0.15) is 5.84 Å². The van der Waals surface area contributed by atoms with Crippen molar-refractivity contribution in [3.05, 3.63) is 35.4 Å². The molecule has 1 heterocycles. The Balaban J connectivity index is 2.71. The minimum atomic E-state index is -0.238. The van der Waals surface area contributed by atoms with Crippen LogP contribution in [0.3, 0.4) is 0 Å². The second kappa shape index (κ2) is 1.92. The Morgan fingerprint density at radius 2 is 1.82 bits per heavy atom. The molecule has 3 heteroatoms. The standard InChI is InChI=1S/C8H6N2O/c9-7-5-3-1-2-4-6(5)8(11)10-7/h1-4H,(H2,9,10,11). The van der Waals surface area contributed by atoms with Crippen LogP contribution in [0.15, 0.2) is 29.3 Å². The fraction of sp³-hybridized carbons (Fsp3) is 0. The van der Waals surface area contributed by atoms with Gasteiger partial charge in [0.25, 0.3) is 5.91 Å². The summed E-state index contributed by atoms with van der Waals surface area (Å²) in [6, 6.07) is 7.14. The van der Waals surface area contributed by atoms with E-state index in [4.69, 9.17) is 5.73 Å². The van der Waals surface area contributed by atoms with Crippen LogP contribution >= 0.6 is 0 Å². The minimum Gasteiger partial charge on any atom is -0.383 e. The van der Waals surface area contributed by atoms with Gasteiger partial charge in [0.2, 0.25) is 0 Å². The van der Waals surface area contributed by atoms with E-state index >= 15 is 0 Å². The van der Waals surface area contributed by atoms with Crippen molar-refractivity contribution in [1.29, 1.82) is 0 Å². The molecule has 1 aromatic rings. The average Bonchev–Trinajstić information content (AvgIpc) is 2.30. The number of amidine groups is 1. The van der Waals surface area contributed by atoms with Crippen LogP contribution in [-0.4, -0.2) is 11.7 Å². The lowest BCUT2D eigenvalue weighted by Crippen LogP contribution is -2.09. The van der Waals surface area contributed by atoms with Crippen molar-refractivity contribution in [3.8, 4) is 0 Å². The number of hydrogen-bond acceptors (Lipinski definition) is 2. The van der Waals surface area contributed by atoms with E-state index in [9.17, 15) is 4.79 Å². The third-order valence-electron chi connectivity index (χ3n) is 1.66. The van der Waals surface area contributed by atoms with Gasteiger partial charge in [0, 0.05) is 5.56 Å². The summed E-state index contributed by atoms with van der Waals surface area (Å²) < 4.78 is 0. The second-order valence-electron chi connectivity index (χ2n) is 2.35. The fourth-order valence-electron chi connectivity index (χ4n) is 1.12. The summed E-state index contributed by atoms with van der Waals surface area (Å²) in [4.78, 5) is 14.6. The number of carbonyl (C=O) groups is 1. The molecule has 0 fully saturated rings. The Kier molecular flexibility index (Phi) is 1.06. The fourth-order valence-corrected chi connectivity index (χ4v) is 1.12. The first kappa shape index (κ1) is 6.09. The molecule has 2 rings (SSSR count). The molecule has 0 aromatic heterocycles. The Morgan fingerprint density at radius 1 is 1.18 bits per heavy atom. The van der Waals surface area contributed by atoms with E-state index in [2.05, 4.69) is 4.99 Å². The van der Waals surface area contributed by atoms with Crippen molar-refractivity contribution < 1.29 is 4.79 Å². The molecule has 1 aliphatic heterocycles. The van der Waals surface area contributed by atoms with Gasteiger partial charge in [-0.25, -0.2) is 0 Å². The number of nitrogens with two attached hydrogens (primary N) is 1. The van der Waals surface area contributed by atoms with Gasteiger partial charge < -0.3 is 5.73 Å². The highest BCUT2D eigenvalue weighted by molar-refractivity contribution is 6.19. The van der Waals surface area contributed by atoms with Gasteiger partial charge in [-0.3, -0.25) is 4.79 Å². The van der Waals surface area contributed by atoms with Crippen molar-refractivity contribution in [2.75, 3.05) is 0 Å². The molecule has 0 unspecified atom stereocenters. The number of nitrogens with zero attached hydrogens (tertiary/aromatic N) is 1. The lowest BCUT2D eigenvalue weighted by molar-refractivity contribution is 0.101. The SMILES string of the molecule is NC1=NC(=O)c2ccccc21. The van der Waals surface area contributed by atoms with E-state index in [0.717, 1.165) is 5.56 Å². The number of hydrogen-bond donors (Lipinski definition) is 1. The van der Waals surface area contributed by atoms with Gasteiger partial charge in [-0.1, -0.05) is 18.2 Å². The molecule has 1 amide bonds. The zero-order valence-electron chi connectivity index (χ0n) is 5.74. The highest BCUT2D eigenvalue weighted by atomic mass is 16.1. The molecule has 0 saturated carbocycles. The molecule has 0 spiro atoms. The van der Waals surface area contributed by atoms with Crippen molar-refractivity contribution in [3.63, 3.8) is 0 Å². The third kappa shape index (κ3) is 0.741. The summed E-state index contributed by atoms with van der Waals surface area (Å²) in [7, 11) is 0. The lowest BCUT2D eigenvalue weighted by atomic mass is 10.1. The monoisotopic (exact) mass is 146 g/mol. The van der Waals surface area contributed by atoms with E-state index in [0.29, 0.717) is 11.4 Å². The first-order chi connectivity index (χ1) is 5.29. The highest BCUT2D eigenvalue weighted by Crippen LogP contribution is 2.15. The zero-order valence-corrected chi connectivity index (χ0v) is 5.74. The summed E-state index contributed by atoms with van der Waals surface area (Å²) >= 11 is 0. The first-order valence-electron chi connectivity index (χ1n) is 3.27. The van der Waals surface area contributed by atoms with E-state index in [1.807, 2.05) is 6.07 Å². The highest BCUT2D eigenvalue weighted by Gasteiger charge is 2.19. The molecule has 11 heavy (non-hydrogen) atoms. The van der Waals surface area contributed by atoms with Crippen molar-refractivity contribution >= 4 is 11.7 Å². The van der Waals surface area contributed by atoms with Gasteiger partial charge >= 0.3 is 0 Å². The number of amides is 1. The molecule has 0 bridgehead atoms. The van der Waals surface area contributed by atoms with Crippen molar-refractivity contribution in [2.45, 2.75) is 0 Å². The van der Waals surface area contributed by atoms with Gasteiger partial charge in [0.15, 0.2) is 0 Å². The Bertz CT molecular complexity index is 355. The molecule has 3 nitrogen and oxygen atoms in total. The summed E-state index contributed by atoms with van der Waals surface area (Å²) in [5.74, 6) is 0.0868. The number of carbonyl (C=O) groups excluding carboxylic acids is 1. The molecule has 54 valence electrons. The van der Waals surface area contributed by atoms with E-state index in [1.54, 1.807) is 18.2 Å². The summed E-state index contributed by atoms with van der Waals surface area (Å²) in [6.07, 6.45) is 0. The van der Waals surface area contributed by atoms with Crippen molar-refractivity contribution in [1.82, 2.24) is 0 Å². The number of rotatable bonds is 0. The van der Waals surface area contributed by atoms with Crippen LogP contribution in [0.25, 0.3) is 0 Å². The van der Waals surface area contributed by atoms with Crippen LogP contribution in [0.4, 0.5) is 0 Å². The van der Waals surface area contributed by atoms with Crippen molar-refractivity contribution in [2.24, 2.45) is 10.7 Å². The largest absolute Gasteiger partial charge is 0.383 e. The van der Waals surface area contributed by atoms with E-state index in [1.165, 1.54) is 0 Å². The maximum Gasteiger partial charge on any atom is 0.279 e. The third-order valence-corrected chi connectivity index (χ3v) is 1.66. The van der Waals surface area contributed by atoms with Gasteiger partial charge in [-0.2, -0.15) is 4.99 Å². The second-order valence-corrected chi connectivity index (χ2v) is 2.35. The quantitative estimate of drug-likeness (QED) is 0.581. The molecule has 0 saturated heterocycles. The average molecular weight is 146 g/mol. The maximum atomic E-state index is 11.0. The lowest BCUT2D eigenvalue weighted by Gasteiger charge is -1.93. The Morgan fingerprint density at radius 3 is 2.45 bits per heavy atom. The molecule has 1 aliphatic rings. The Labute approximate surface area is 63.6 Å². The maximum absolute atomic E-state index is 11.0. The first-order valence-corrected chi connectivity index (χ1v) is 3.27. The van der Waals surface area contributed by atoms with Crippen LogP contribution in [0, 0.1) is 0 Å². The summed E-state index contributed by atoms with van der Waals surface area (Å²) in [5.41, 5.74) is 6.82. The van der Waals surface area contributed by atoms with Crippen LogP contribution in [0.1, 0.15) is 15.9 Å². The van der Waals surface area contributed by atoms with E-state index in [-0.39, 0.29) is 5.91 Å². The molecular weight excluding hydrogens is 140 g/mol. The van der Waals surface area contributed by atoms with Crippen LogP contribution in [0.5, 0.6) is 0 Å². The molecule has 2 N–H and O–H groups in total. The Hall–Kier alpha value is -1.64. The minimum absolute atomic E-state index is 0.238. The zero-order chi connectivity index (χ0) is 7.84. The predicted octanol–water partition coefficient (Wildman–Crippen LogP) is 0.546. The molecule has 1 aromatic carbocycles.